The van der Waals surface area contributed by atoms with Gasteiger partial charge in [-0.05, 0) is 14.0 Å². The van der Waals surface area contributed by atoms with E-state index < -0.39 is 16.1 Å². The minimum absolute atomic E-state index is 0.119. The second-order valence-corrected chi connectivity index (χ2v) is 7.62. The molecular formula is C12H16N4O4S2. The van der Waals surface area contributed by atoms with Crippen molar-refractivity contribution in [3.05, 3.63) is 6.20 Å². The molecule has 2 heterocycles. The summed E-state index contributed by atoms with van der Waals surface area (Å²) in [4.78, 5) is 18.4. The van der Waals surface area contributed by atoms with Crippen molar-refractivity contribution in [3.63, 3.8) is 0 Å². The highest BCUT2D eigenvalue weighted by Crippen LogP contribution is 2.28. The largest absolute Gasteiger partial charge is 0.465 e. The normalized spacial score (nSPS) is 18.7. The summed E-state index contributed by atoms with van der Waals surface area (Å²) in [5.74, 6) is 5.73. The van der Waals surface area contributed by atoms with E-state index in [2.05, 4.69) is 21.5 Å². The van der Waals surface area contributed by atoms with Gasteiger partial charge in [-0.15, -0.1) is 5.92 Å². The Hall–Kier alpha value is -1.83. The fourth-order valence-corrected chi connectivity index (χ4v) is 4.12. The van der Waals surface area contributed by atoms with E-state index in [4.69, 9.17) is 5.11 Å². The number of carboxylic acid groups (broad SMARTS) is 1. The molecule has 1 amide bonds. The lowest BCUT2D eigenvalue weighted by Gasteiger charge is -2.37. The molecule has 22 heavy (non-hydrogen) atoms. The number of carbonyl (C=O) groups is 1. The number of thiazole rings is 1. The summed E-state index contributed by atoms with van der Waals surface area (Å²) >= 11 is 1.04. The number of nitrogens with one attached hydrogen (secondary N) is 1. The highest BCUT2D eigenvalue weighted by atomic mass is 32.2. The molecule has 0 saturated carbocycles. The Kier molecular flexibility index (Phi) is 4.90. The Labute approximate surface area is 132 Å². The van der Waals surface area contributed by atoms with Gasteiger partial charge in [0.1, 0.15) is 6.04 Å². The second-order valence-electron chi connectivity index (χ2n) is 4.50. The number of anilines is 1. The van der Waals surface area contributed by atoms with Gasteiger partial charge in [-0.25, -0.2) is 22.9 Å². The number of amides is 1. The van der Waals surface area contributed by atoms with E-state index in [0.717, 1.165) is 11.3 Å². The minimum Gasteiger partial charge on any atom is -0.465 e. The molecule has 2 N–H and O–H groups in total. The van der Waals surface area contributed by atoms with Crippen LogP contribution in [0.25, 0.3) is 0 Å². The molecule has 8 nitrogen and oxygen atoms in total. The van der Waals surface area contributed by atoms with Crippen molar-refractivity contribution in [1.29, 1.82) is 0 Å². The van der Waals surface area contributed by atoms with Gasteiger partial charge >= 0.3 is 6.09 Å². The Morgan fingerprint density at radius 3 is 2.86 bits per heavy atom. The zero-order valence-electron chi connectivity index (χ0n) is 12.1. The molecule has 1 fully saturated rings. The van der Waals surface area contributed by atoms with Crippen LogP contribution in [0.4, 0.5) is 9.93 Å². The minimum atomic E-state index is -3.53. The summed E-state index contributed by atoms with van der Waals surface area (Å²) in [7, 11) is -2.19. The number of piperazine rings is 1. The van der Waals surface area contributed by atoms with Gasteiger partial charge < -0.3 is 14.9 Å². The number of hydrogen-bond donors (Lipinski definition) is 2. The standard InChI is InChI=1S/C12H16N4O4S2/c1-3-4-9-8-15(12(17)18)5-6-16(9)11-14-7-10(21-11)22(19,20)13-2/h7,9,13H,5-6,8H2,1-2H3,(H,17,18)/t9-/m0/s1. The first kappa shape index (κ1) is 16.5. The summed E-state index contributed by atoms with van der Waals surface area (Å²) in [5, 5.41) is 9.60. The molecule has 0 spiro atoms. The molecule has 1 aromatic rings. The third-order valence-corrected chi connectivity index (χ3v) is 6.12. The van der Waals surface area contributed by atoms with Crippen LogP contribution >= 0.6 is 11.3 Å². The summed E-state index contributed by atoms with van der Waals surface area (Å²) < 4.78 is 25.9. The number of rotatable bonds is 3. The van der Waals surface area contributed by atoms with Gasteiger partial charge in [0.2, 0.25) is 0 Å². The lowest BCUT2D eigenvalue weighted by atomic mass is 10.2. The fourth-order valence-electron chi connectivity index (χ4n) is 2.08. The molecule has 0 aliphatic carbocycles. The van der Waals surface area contributed by atoms with Gasteiger partial charge in [0.05, 0.1) is 12.7 Å². The molecular weight excluding hydrogens is 328 g/mol. The molecule has 0 radical (unpaired) electrons. The van der Waals surface area contributed by atoms with E-state index in [9.17, 15) is 13.2 Å². The van der Waals surface area contributed by atoms with Crippen LogP contribution in [-0.4, -0.2) is 62.2 Å². The Morgan fingerprint density at radius 1 is 1.55 bits per heavy atom. The topological polar surface area (TPSA) is 103 Å². The molecule has 1 atom stereocenters. The first-order valence-electron chi connectivity index (χ1n) is 6.45. The molecule has 1 aliphatic rings. The van der Waals surface area contributed by atoms with Crippen LogP contribution in [0.5, 0.6) is 0 Å². The SMILES string of the molecule is CC#C[C@H]1CN(C(=O)O)CCN1c1ncc(S(=O)(=O)NC)s1. The van der Waals surface area contributed by atoms with Crippen molar-refractivity contribution >= 4 is 32.6 Å². The summed E-state index contributed by atoms with van der Waals surface area (Å²) in [6.45, 7) is 2.66. The smallest absolute Gasteiger partial charge is 0.407 e. The van der Waals surface area contributed by atoms with E-state index >= 15 is 0 Å². The maximum atomic E-state index is 11.8. The van der Waals surface area contributed by atoms with Crippen molar-refractivity contribution in [2.24, 2.45) is 0 Å². The van der Waals surface area contributed by atoms with Gasteiger partial charge in [0.15, 0.2) is 9.34 Å². The van der Waals surface area contributed by atoms with Crippen molar-refractivity contribution in [2.75, 3.05) is 31.6 Å². The number of sulfonamides is 1. The Bertz CT molecular complexity index is 719. The van der Waals surface area contributed by atoms with Gasteiger partial charge in [-0.2, -0.15) is 0 Å². The van der Waals surface area contributed by atoms with Crippen LogP contribution in [0.2, 0.25) is 0 Å². The lowest BCUT2D eigenvalue weighted by molar-refractivity contribution is 0.138. The first-order valence-corrected chi connectivity index (χ1v) is 8.75. The monoisotopic (exact) mass is 344 g/mol. The molecule has 1 aliphatic heterocycles. The number of aromatic nitrogens is 1. The van der Waals surface area contributed by atoms with Crippen LogP contribution in [0.15, 0.2) is 10.4 Å². The van der Waals surface area contributed by atoms with Gasteiger partial charge in [0, 0.05) is 13.1 Å². The fraction of sp³-hybridized carbons (Fsp3) is 0.500. The van der Waals surface area contributed by atoms with Crippen molar-refractivity contribution in [1.82, 2.24) is 14.6 Å². The highest BCUT2D eigenvalue weighted by Gasteiger charge is 2.30. The third kappa shape index (κ3) is 3.32. The number of hydrogen-bond acceptors (Lipinski definition) is 6. The second kappa shape index (κ2) is 6.51. The Balaban J connectivity index is 2.27. The predicted octanol–water partition coefficient (Wildman–Crippen LogP) is 0.243. The number of nitrogens with zero attached hydrogens (tertiary/aromatic N) is 3. The quantitative estimate of drug-likeness (QED) is 0.762. The predicted molar refractivity (Wildman–Crippen MR) is 82.5 cm³/mol. The maximum absolute atomic E-state index is 11.8. The van der Waals surface area contributed by atoms with Gasteiger partial charge in [-0.3, -0.25) is 0 Å². The van der Waals surface area contributed by atoms with Crippen LogP contribution in [0.1, 0.15) is 6.92 Å². The molecule has 120 valence electrons. The van der Waals surface area contributed by atoms with Crippen LogP contribution in [0, 0.1) is 11.8 Å². The van der Waals surface area contributed by atoms with E-state index in [-0.39, 0.29) is 16.8 Å². The summed E-state index contributed by atoms with van der Waals surface area (Å²) in [5.41, 5.74) is 0. The van der Waals surface area contributed by atoms with Crippen molar-refractivity contribution < 1.29 is 18.3 Å². The zero-order valence-corrected chi connectivity index (χ0v) is 13.7. The Morgan fingerprint density at radius 2 is 2.27 bits per heavy atom. The first-order chi connectivity index (χ1) is 10.4. The van der Waals surface area contributed by atoms with Crippen molar-refractivity contribution in [2.45, 2.75) is 17.2 Å². The molecule has 10 heteroatoms. The van der Waals surface area contributed by atoms with Crippen LogP contribution in [0.3, 0.4) is 0 Å². The maximum Gasteiger partial charge on any atom is 0.407 e. The van der Waals surface area contributed by atoms with E-state index in [1.165, 1.54) is 18.1 Å². The molecule has 0 unspecified atom stereocenters. The molecule has 0 bridgehead atoms. The van der Waals surface area contributed by atoms with E-state index in [1.807, 2.05) is 4.90 Å². The van der Waals surface area contributed by atoms with Crippen LogP contribution in [-0.2, 0) is 10.0 Å². The van der Waals surface area contributed by atoms with E-state index in [1.54, 1.807) is 6.92 Å². The average Bonchev–Trinajstić information content (AvgIpc) is 2.98. The average molecular weight is 344 g/mol. The third-order valence-electron chi connectivity index (χ3n) is 3.21. The van der Waals surface area contributed by atoms with Crippen molar-refractivity contribution in [3.8, 4) is 11.8 Å². The molecule has 1 saturated heterocycles. The summed E-state index contributed by atoms with van der Waals surface area (Å²) in [6, 6.07) is -0.342. The van der Waals surface area contributed by atoms with Crippen LogP contribution < -0.4 is 9.62 Å². The zero-order chi connectivity index (χ0) is 16.3. The highest BCUT2D eigenvalue weighted by molar-refractivity contribution is 7.91. The van der Waals surface area contributed by atoms with Gasteiger partial charge in [0.25, 0.3) is 10.0 Å². The molecule has 1 aromatic heterocycles. The molecule has 0 aromatic carbocycles. The van der Waals surface area contributed by atoms with Gasteiger partial charge in [-0.1, -0.05) is 17.3 Å². The lowest BCUT2D eigenvalue weighted by Crippen LogP contribution is -2.54. The van der Waals surface area contributed by atoms with E-state index in [0.29, 0.717) is 18.2 Å². The molecule has 2 rings (SSSR count). The summed E-state index contributed by atoms with van der Waals surface area (Å²) in [6.07, 6.45) is 0.311.